The molecule has 3 heterocycles. The highest BCUT2D eigenvalue weighted by Gasteiger charge is 2.26. The maximum absolute atomic E-state index is 12.4. The Bertz CT molecular complexity index is 585. The molecule has 1 saturated heterocycles. The van der Waals surface area contributed by atoms with Crippen LogP contribution in [0.4, 0.5) is 0 Å². The van der Waals surface area contributed by atoms with E-state index in [1.165, 1.54) is 0 Å². The van der Waals surface area contributed by atoms with Crippen LogP contribution in [0.5, 0.6) is 0 Å². The van der Waals surface area contributed by atoms with E-state index in [0.29, 0.717) is 13.1 Å². The summed E-state index contributed by atoms with van der Waals surface area (Å²) in [4.78, 5) is 25.4. The Morgan fingerprint density at radius 3 is 2.91 bits per heavy atom. The van der Waals surface area contributed by atoms with Crippen LogP contribution in [0.3, 0.4) is 0 Å². The highest BCUT2D eigenvalue weighted by atomic mass is 16.2. The number of aryl methyl sites for hydroxylation is 1. The van der Waals surface area contributed by atoms with Gasteiger partial charge >= 0.3 is 0 Å². The number of primary amides is 1. The Labute approximate surface area is 135 Å². The lowest BCUT2D eigenvalue weighted by molar-refractivity contribution is -0.128. The highest BCUT2D eigenvalue weighted by Crippen LogP contribution is 2.17. The number of amides is 2. The Hall–Kier alpha value is -1.96. The second kappa shape index (κ2) is 7.08. The Morgan fingerprint density at radius 1 is 1.22 bits per heavy atom. The molecule has 1 aromatic heterocycles. The van der Waals surface area contributed by atoms with Gasteiger partial charge in [0.2, 0.25) is 11.8 Å². The maximum Gasteiger partial charge on any atom is 0.231 e. The van der Waals surface area contributed by atoms with Crippen LogP contribution in [0.25, 0.3) is 0 Å². The predicted octanol–water partition coefficient (Wildman–Crippen LogP) is -0.572. The normalized spacial score (nSPS) is 21.7. The lowest BCUT2D eigenvalue weighted by atomic mass is 9.97. The smallest absolute Gasteiger partial charge is 0.231 e. The molecule has 1 atom stereocenters. The first kappa shape index (κ1) is 15.9. The van der Waals surface area contributed by atoms with Gasteiger partial charge in [-0.05, 0) is 32.2 Å². The van der Waals surface area contributed by atoms with Crippen molar-refractivity contribution in [3.63, 3.8) is 0 Å². The molecule has 8 nitrogen and oxygen atoms in total. The van der Waals surface area contributed by atoms with Crippen molar-refractivity contribution in [1.82, 2.24) is 25.0 Å². The second-order valence-corrected chi connectivity index (χ2v) is 6.40. The van der Waals surface area contributed by atoms with Crippen molar-refractivity contribution in [2.24, 2.45) is 11.7 Å². The summed E-state index contributed by atoms with van der Waals surface area (Å²) in [6.45, 7) is 2.99. The minimum atomic E-state index is -0.346. The first-order chi connectivity index (χ1) is 11.1. The maximum atomic E-state index is 12.4. The molecule has 1 aromatic rings. The third-order valence-electron chi connectivity index (χ3n) is 4.61. The number of likely N-dealkylation sites (tertiary alicyclic amines) is 1. The van der Waals surface area contributed by atoms with Crippen LogP contribution in [0.2, 0.25) is 0 Å². The van der Waals surface area contributed by atoms with Gasteiger partial charge in [0.25, 0.3) is 0 Å². The first-order valence-corrected chi connectivity index (χ1v) is 8.33. The molecule has 0 bridgehead atoms. The van der Waals surface area contributed by atoms with Crippen LogP contribution in [-0.4, -0.2) is 51.1 Å². The number of nitrogens with one attached hydrogen (secondary N) is 1. The van der Waals surface area contributed by atoms with Gasteiger partial charge in [-0.25, -0.2) is 0 Å². The molecule has 0 radical (unpaired) electrons. The van der Waals surface area contributed by atoms with Gasteiger partial charge in [0.1, 0.15) is 5.82 Å². The van der Waals surface area contributed by atoms with Crippen molar-refractivity contribution in [3.8, 4) is 0 Å². The summed E-state index contributed by atoms with van der Waals surface area (Å²) in [7, 11) is 0. The van der Waals surface area contributed by atoms with Gasteiger partial charge in [-0.1, -0.05) is 0 Å². The summed E-state index contributed by atoms with van der Waals surface area (Å²) in [5.74, 6) is 1.43. The van der Waals surface area contributed by atoms with E-state index < -0.39 is 0 Å². The van der Waals surface area contributed by atoms with E-state index >= 15 is 0 Å². The minimum absolute atomic E-state index is 0.0207. The van der Waals surface area contributed by atoms with Crippen molar-refractivity contribution in [1.29, 1.82) is 0 Å². The molecule has 2 amide bonds. The molecule has 0 saturated carbocycles. The number of carbonyl (C=O) groups excluding carboxylic acids is 2. The quantitative estimate of drug-likeness (QED) is 0.755. The Balaban J connectivity index is 1.53. The van der Waals surface area contributed by atoms with Crippen LogP contribution in [0, 0.1) is 5.92 Å². The molecule has 2 aliphatic rings. The predicted molar refractivity (Wildman–Crippen MR) is 83.2 cm³/mol. The summed E-state index contributed by atoms with van der Waals surface area (Å²) in [5.41, 5.74) is 5.23. The topological polar surface area (TPSA) is 106 Å². The van der Waals surface area contributed by atoms with Gasteiger partial charge < -0.3 is 15.6 Å². The van der Waals surface area contributed by atoms with Gasteiger partial charge in [-0.3, -0.25) is 14.5 Å². The molecular formula is C15H24N6O2. The van der Waals surface area contributed by atoms with E-state index in [1.807, 2.05) is 4.90 Å². The van der Waals surface area contributed by atoms with Crippen molar-refractivity contribution in [2.75, 3.05) is 19.6 Å². The fraction of sp³-hybridized carbons (Fsp3) is 0.733. The van der Waals surface area contributed by atoms with Crippen molar-refractivity contribution in [3.05, 3.63) is 11.6 Å². The van der Waals surface area contributed by atoms with Crippen molar-refractivity contribution in [2.45, 2.75) is 45.2 Å². The lowest BCUT2D eigenvalue weighted by Gasteiger charge is -2.30. The summed E-state index contributed by atoms with van der Waals surface area (Å²) in [6, 6.07) is 0. The minimum Gasteiger partial charge on any atom is -0.369 e. The van der Waals surface area contributed by atoms with Crippen LogP contribution in [0.1, 0.15) is 37.3 Å². The molecule has 8 heteroatoms. The zero-order chi connectivity index (χ0) is 16.2. The van der Waals surface area contributed by atoms with E-state index in [9.17, 15) is 9.59 Å². The molecule has 0 unspecified atom stereocenters. The number of nitrogens with two attached hydrogens (primary N) is 1. The molecular weight excluding hydrogens is 296 g/mol. The van der Waals surface area contributed by atoms with Gasteiger partial charge in [-0.2, -0.15) is 0 Å². The SMILES string of the molecule is NC(=O)CN1CCC[C@@H](C(=O)NCc2nnc3n2CCCC3)C1. The fourth-order valence-electron chi connectivity index (χ4n) is 3.44. The first-order valence-electron chi connectivity index (χ1n) is 8.33. The number of rotatable bonds is 5. The number of piperidine rings is 1. The fourth-order valence-corrected chi connectivity index (χ4v) is 3.44. The molecule has 0 aromatic carbocycles. The molecule has 3 rings (SSSR count). The monoisotopic (exact) mass is 320 g/mol. The zero-order valence-electron chi connectivity index (χ0n) is 13.3. The molecule has 1 fully saturated rings. The average Bonchev–Trinajstić information content (AvgIpc) is 2.95. The van der Waals surface area contributed by atoms with Crippen LogP contribution in [0.15, 0.2) is 0 Å². The number of fused-ring (bicyclic) bond motifs is 1. The number of hydrogen-bond donors (Lipinski definition) is 2. The molecule has 23 heavy (non-hydrogen) atoms. The largest absolute Gasteiger partial charge is 0.369 e. The van der Waals surface area contributed by atoms with Crippen LogP contribution >= 0.6 is 0 Å². The summed E-state index contributed by atoms with van der Waals surface area (Å²) in [5, 5.41) is 11.4. The Morgan fingerprint density at radius 2 is 2.09 bits per heavy atom. The third-order valence-corrected chi connectivity index (χ3v) is 4.61. The zero-order valence-corrected chi connectivity index (χ0v) is 13.3. The van der Waals surface area contributed by atoms with Gasteiger partial charge in [0.05, 0.1) is 19.0 Å². The second-order valence-electron chi connectivity index (χ2n) is 6.40. The number of nitrogens with zero attached hydrogens (tertiary/aromatic N) is 4. The van der Waals surface area contributed by atoms with E-state index in [2.05, 4.69) is 20.1 Å². The van der Waals surface area contributed by atoms with Crippen molar-refractivity contribution >= 4 is 11.8 Å². The van der Waals surface area contributed by atoms with Crippen LogP contribution < -0.4 is 11.1 Å². The average molecular weight is 320 g/mol. The van der Waals surface area contributed by atoms with E-state index in [0.717, 1.165) is 56.8 Å². The summed E-state index contributed by atoms with van der Waals surface area (Å²) in [6.07, 6.45) is 5.01. The highest BCUT2D eigenvalue weighted by molar-refractivity contribution is 5.79. The van der Waals surface area contributed by atoms with Crippen molar-refractivity contribution < 1.29 is 9.59 Å². The van der Waals surface area contributed by atoms with E-state index in [4.69, 9.17) is 5.73 Å². The molecule has 126 valence electrons. The van der Waals surface area contributed by atoms with Gasteiger partial charge in [-0.15, -0.1) is 10.2 Å². The van der Waals surface area contributed by atoms with Gasteiger partial charge in [0.15, 0.2) is 5.82 Å². The third kappa shape index (κ3) is 3.87. The standard InChI is InChI=1S/C15H24N6O2/c16-12(22)10-20-6-3-4-11(9-20)15(23)17-8-14-19-18-13-5-1-2-7-21(13)14/h11H,1-10H2,(H2,16,22)(H,17,23)/t11-/m1/s1. The number of carbonyl (C=O) groups is 2. The molecule has 2 aliphatic heterocycles. The molecule has 0 spiro atoms. The number of hydrogen-bond acceptors (Lipinski definition) is 5. The summed E-state index contributed by atoms with van der Waals surface area (Å²) >= 11 is 0. The lowest BCUT2D eigenvalue weighted by Crippen LogP contribution is -2.45. The van der Waals surface area contributed by atoms with Crippen LogP contribution in [-0.2, 0) is 29.1 Å². The number of aromatic nitrogens is 3. The summed E-state index contributed by atoms with van der Waals surface area (Å²) < 4.78 is 2.12. The Kier molecular flexibility index (Phi) is 4.90. The van der Waals surface area contributed by atoms with Gasteiger partial charge in [0, 0.05) is 19.5 Å². The van der Waals surface area contributed by atoms with E-state index in [-0.39, 0.29) is 24.3 Å². The molecule has 3 N–H and O–H groups in total. The molecule has 0 aliphatic carbocycles. The van der Waals surface area contributed by atoms with E-state index in [1.54, 1.807) is 0 Å².